The Morgan fingerprint density at radius 3 is 2.46 bits per heavy atom. The van der Waals surface area contributed by atoms with Gasteiger partial charge in [-0.15, -0.1) is 0 Å². The molecule has 1 aliphatic rings. The van der Waals surface area contributed by atoms with Crippen molar-refractivity contribution in [2.45, 2.75) is 12.8 Å². The SMILES string of the molecule is O=C(/C=C/c1ccc(Cl)cc1)Nc1ccc2c(c1)N(CCCCOc1ccc(Cl)cc1)C(=O)CO2. The Kier molecular flexibility index (Phi) is 8.29. The van der Waals surface area contributed by atoms with Crippen molar-refractivity contribution < 1.29 is 19.1 Å². The molecule has 0 bridgehead atoms. The van der Waals surface area contributed by atoms with Gasteiger partial charge in [-0.1, -0.05) is 35.3 Å². The maximum Gasteiger partial charge on any atom is 0.265 e. The first-order valence-electron chi connectivity index (χ1n) is 11.2. The van der Waals surface area contributed by atoms with Gasteiger partial charge in [0.1, 0.15) is 11.5 Å². The molecule has 0 atom stereocenters. The van der Waals surface area contributed by atoms with Gasteiger partial charge in [-0.05, 0) is 79.1 Å². The first kappa shape index (κ1) is 24.6. The minimum atomic E-state index is -0.283. The molecule has 0 radical (unpaired) electrons. The summed E-state index contributed by atoms with van der Waals surface area (Å²) in [6, 6.07) is 19.7. The number of nitrogens with one attached hydrogen (secondary N) is 1. The Hall–Kier alpha value is -3.48. The number of nitrogens with zero attached hydrogens (tertiary/aromatic N) is 1. The fourth-order valence-corrected chi connectivity index (χ4v) is 3.80. The van der Waals surface area contributed by atoms with E-state index in [1.165, 1.54) is 6.08 Å². The number of halogens is 2. The van der Waals surface area contributed by atoms with E-state index in [0.717, 1.165) is 24.2 Å². The maximum atomic E-state index is 12.5. The van der Waals surface area contributed by atoms with E-state index >= 15 is 0 Å². The van der Waals surface area contributed by atoms with Gasteiger partial charge in [0.15, 0.2) is 6.61 Å². The standard InChI is InChI=1S/C27H24Cl2N2O4/c28-20-6-3-19(4-7-20)5-14-26(32)30-22-10-13-25-24(17-22)31(27(33)18-35-25)15-1-2-16-34-23-11-8-21(29)9-12-23/h3-14,17H,1-2,15-16,18H2,(H,30,32)/b14-5+. The van der Waals surface area contributed by atoms with Gasteiger partial charge < -0.3 is 19.7 Å². The Morgan fingerprint density at radius 1 is 1.00 bits per heavy atom. The molecule has 0 saturated heterocycles. The highest BCUT2D eigenvalue weighted by Crippen LogP contribution is 2.34. The van der Waals surface area contributed by atoms with Crippen LogP contribution in [0.4, 0.5) is 11.4 Å². The number of carbonyl (C=O) groups excluding carboxylic acids is 2. The smallest absolute Gasteiger partial charge is 0.265 e. The number of ether oxygens (including phenoxy) is 2. The van der Waals surface area contributed by atoms with Crippen molar-refractivity contribution in [2.24, 2.45) is 0 Å². The van der Waals surface area contributed by atoms with E-state index in [0.29, 0.717) is 40.3 Å². The summed E-state index contributed by atoms with van der Waals surface area (Å²) in [7, 11) is 0. The summed E-state index contributed by atoms with van der Waals surface area (Å²) >= 11 is 11.8. The van der Waals surface area contributed by atoms with Crippen molar-refractivity contribution >= 4 is 52.5 Å². The zero-order chi connectivity index (χ0) is 24.6. The predicted molar refractivity (Wildman–Crippen MR) is 140 cm³/mol. The normalized spacial score (nSPS) is 12.9. The van der Waals surface area contributed by atoms with E-state index in [1.807, 2.05) is 24.3 Å². The molecule has 6 nitrogen and oxygen atoms in total. The summed E-state index contributed by atoms with van der Waals surface area (Å²) in [5.74, 6) is 0.959. The molecule has 0 saturated carbocycles. The van der Waals surface area contributed by atoms with Gasteiger partial charge in [-0.3, -0.25) is 9.59 Å². The van der Waals surface area contributed by atoms with Crippen molar-refractivity contribution in [3.05, 3.63) is 88.4 Å². The van der Waals surface area contributed by atoms with Crippen molar-refractivity contribution in [1.82, 2.24) is 0 Å². The number of amides is 2. The van der Waals surface area contributed by atoms with E-state index in [1.54, 1.807) is 53.4 Å². The third-order valence-electron chi connectivity index (χ3n) is 5.33. The molecule has 4 rings (SSSR count). The van der Waals surface area contributed by atoms with E-state index in [2.05, 4.69) is 5.32 Å². The van der Waals surface area contributed by atoms with Crippen LogP contribution in [0.1, 0.15) is 18.4 Å². The van der Waals surface area contributed by atoms with Crippen LogP contribution in [0.5, 0.6) is 11.5 Å². The number of carbonyl (C=O) groups is 2. The predicted octanol–water partition coefficient (Wildman–Crippen LogP) is 6.23. The molecule has 3 aromatic carbocycles. The molecule has 1 N–H and O–H groups in total. The van der Waals surface area contributed by atoms with Crippen LogP contribution in [0.15, 0.2) is 72.8 Å². The van der Waals surface area contributed by atoms with Crippen molar-refractivity contribution in [2.75, 3.05) is 30.0 Å². The number of hydrogen-bond donors (Lipinski definition) is 1. The van der Waals surface area contributed by atoms with E-state index < -0.39 is 0 Å². The Labute approximate surface area is 214 Å². The van der Waals surface area contributed by atoms with Gasteiger partial charge in [0.2, 0.25) is 5.91 Å². The summed E-state index contributed by atoms with van der Waals surface area (Å²) in [4.78, 5) is 26.6. The lowest BCUT2D eigenvalue weighted by molar-refractivity contribution is -0.121. The largest absolute Gasteiger partial charge is 0.494 e. The van der Waals surface area contributed by atoms with E-state index in [4.69, 9.17) is 32.7 Å². The highest BCUT2D eigenvalue weighted by Gasteiger charge is 2.25. The number of hydrogen-bond acceptors (Lipinski definition) is 4. The molecule has 35 heavy (non-hydrogen) atoms. The molecule has 0 unspecified atom stereocenters. The summed E-state index contributed by atoms with van der Waals surface area (Å²) < 4.78 is 11.3. The second-order valence-electron chi connectivity index (χ2n) is 7.90. The average Bonchev–Trinajstić information content (AvgIpc) is 2.86. The first-order valence-corrected chi connectivity index (χ1v) is 11.9. The van der Waals surface area contributed by atoms with Gasteiger partial charge in [0.25, 0.3) is 5.91 Å². The van der Waals surface area contributed by atoms with Crippen LogP contribution in [0.3, 0.4) is 0 Å². The molecular formula is C27H24Cl2N2O4. The fraction of sp³-hybridized carbons (Fsp3) is 0.185. The first-order chi connectivity index (χ1) is 17.0. The lowest BCUT2D eigenvalue weighted by atomic mass is 10.2. The highest BCUT2D eigenvalue weighted by atomic mass is 35.5. The number of fused-ring (bicyclic) bond motifs is 1. The molecule has 2 amide bonds. The summed E-state index contributed by atoms with van der Waals surface area (Å²) in [5.41, 5.74) is 2.07. The van der Waals surface area contributed by atoms with Crippen molar-refractivity contribution in [3.63, 3.8) is 0 Å². The lowest BCUT2D eigenvalue weighted by Gasteiger charge is -2.29. The minimum absolute atomic E-state index is 0.0101. The highest BCUT2D eigenvalue weighted by molar-refractivity contribution is 6.30. The molecule has 8 heteroatoms. The van der Waals surface area contributed by atoms with Gasteiger partial charge in [0, 0.05) is 28.4 Å². The minimum Gasteiger partial charge on any atom is -0.494 e. The van der Waals surface area contributed by atoms with Crippen molar-refractivity contribution in [3.8, 4) is 11.5 Å². The lowest BCUT2D eigenvalue weighted by Crippen LogP contribution is -2.39. The zero-order valence-electron chi connectivity index (χ0n) is 18.9. The third kappa shape index (κ3) is 7.01. The average molecular weight is 511 g/mol. The molecule has 0 aromatic heterocycles. The monoisotopic (exact) mass is 510 g/mol. The van der Waals surface area contributed by atoms with Crippen LogP contribution in [0.2, 0.25) is 10.0 Å². The van der Waals surface area contributed by atoms with Crippen LogP contribution >= 0.6 is 23.2 Å². The van der Waals surface area contributed by atoms with Gasteiger partial charge in [-0.25, -0.2) is 0 Å². The van der Waals surface area contributed by atoms with Crippen LogP contribution in [-0.4, -0.2) is 31.6 Å². The zero-order valence-corrected chi connectivity index (χ0v) is 20.4. The molecule has 1 aliphatic heterocycles. The van der Waals surface area contributed by atoms with Gasteiger partial charge in [0.05, 0.1) is 12.3 Å². The Morgan fingerprint density at radius 2 is 1.71 bits per heavy atom. The number of unbranched alkanes of at least 4 members (excludes halogenated alkanes) is 1. The number of anilines is 2. The van der Waals surface area contributed by atoms with Crippen LogP contribution in [0, 0.1) is 0 Å². The number of benzene rings is 3. The quantitative estimate of drug-likeness (QED) is 0.273. The molecule has 0 spiro atoms. The molecule has 0 fully saturated rings. The van der Waals surface area contributed by atoms with Crippen LogP contribution < -0.4 is 19.7 Å². The van der Waals surface area contributed by atoms with Gasteiger partial charge >= 0.3 is 0 Å². The maximum absolute atomic E-state index is 12.5. The second kappa shape index (κ2) is 11.8. The Balaban J connectivity index is 1.33. The van der Waals surface area contributed by atoms with Gasteiger partial charge in [-0.2, -0.15) is 0 Å². The fourth-order valence-electron chi connectivity index (χ4n) is 3.55. The third-order valence-corrected chi connectivity index (χ3v) is 5.83. The van der Waals surface area contributed by atoms with Crippen LogP contribution in [-0.2, 0) is 9.59 Å². The second-order valence-corrected chi connectivity index (χ2v) is 8.77. The number of rotatable bonds is 9. The molecule has 180 valence electrons. The topological polar surface area (TPSA) is 67.9 Å². The van der Waals surface area contributed by atoms with E-state index in [-0.39, 0.29) is 18.4 Å². The van der Waals surface area contributed by atoms with E-state index in [9.17, 15) is 9.59 Å². The summed E-state index contributed by atoms with van der Waals surface area (Å²) in [6.45, 7) is 1.04. The summed E-state index contributed by atoms with van der Waals surface area (Å²) in [6.07, 6.45) is 4.67. The van der Waals surface area contributed by atoms with Crippen LogP contribution in [0.25, 0.3) is 6.08 Å². The summed E-state index contributed by atoms with van der Waals surface area (Å²) in [5, 5.41) is 4.13. The molecule has 0 aliphatic carbocycles. The Bertz CT molecular complexity index is 1210. The molecule has 3 aromatic rings. The van der Waals surface area contributed by atoms with Crippen molar-refractivity contribution in [1.29, 1.82) is 0 Å². The molecular weight excluding hydrogens is 487 g/mol. The molecule has 1 heterocycles.